The zero-order chi connectivity index (χ0) is 11.1. The van der Waals surface area contributed by atoms with Gasteiger partial charge in [-0.1, -0.05) is 30.3 Å². The molecule has 0 radical (unpaired) electrons. The van der Waals surface area contributed by atoms with Crippen LogP contribution in [-0.4, -0.2) is 4.98 Å². The van der Waals surface area contributed by atoms with E-state index in [9.17, 15) is 4.79 Å². The average Bonchev–Trinajstić information content (AvgIpc) is 2.28. The first-order valence-electron chi connectivity index (χ1n) is 5.27. The van der Waals surface area contributed by atoms with Crippen LogP contribution in [0.15, 0.2) is 47.3 Å². The lowest BCUT2D eigenvalue weighted by atomic mass is 10.0. The van der Waals surface area contributed by atoms with E-state index in [2.05, 4.69) is 4.98 Å². The van der Waals surface area contributed by atoms with E-state index < -0.39 is 0 Å². The number of benzene rings is 2. The van der Waals surface area contributed by atoms with Gasteiger partial charge in [-0.25, -0.2) is 0 Å². The molecule has 0 aliphatic carbocycles. The molecule has 0 aliphatic rings. The number of pyridine rings is 1. The largest absolute Gasteiger partial charge is 0.358 e. The summed E-state index contributed by atoms with van der Waals surface area (Å²) >= 11 is 0. The number of hydrogen-bond acceptors (Lipinski definition) is 1. The minimum atomic E-state index is 0.0862. The Balaban J connectivity index is 2.65. The maximum Gasteiger partial charge on any atom is 0.190 e. The molecule has 1 N–H and O–H groups in total. The van der Waals surface area contributed by atoms with Crippen molar-refractivity contribution >= 4 is 21.7 Å². The number of hydrogen-bond donors (Lipinski definition) is 1. The van der Waals surface area contributed by atoms with Crippen LogP contribution in [0.4, 0.5) is 0 Å². The second-order valence-electron chi connectivity index (χ2n) is 4.03. The van der Waals surface area contributed by atoms with E-state index in [0.717, 1.165) is 27.4 Å². The van der Waals surface area contributed by atoms with Crippen LogP contribution in [-0.2, 0) is 0 Å². The van der Waals surface area contributed by atoms with Crippen molar-refractivity contribution in [1.29, 1.82) is 0 Å². The van der Waals surface area contributed by atoms with Gasteiger partial charge in [-0.2, -0.15) is 0 Å². The van der Waals surface area contributed by atoms with Crippen LogP contribution in [0.2, 0.25) is 0 Å². The molecule has 1 heterocycles. The standard InChI is InChI=1S/C14H11NO/c1-9-8-13(16)14-11-5-3-2-4-10(11)6-7-12(14)15-9/h2-8H,1H3,(H,15,16). The highest BCUT2D eigenvalue weighted by Gasteiger charge is 2.04. The van der Waals surface area contributed by atoms with E-state index in [-0.39, 0.29) is 5.43 Å². The molecule has 0 spiro atoms. The fourth-order valence-electron chi connectivity index (χ4n) is 2.16. The molecule has 0 fully saturated rings. The maximum absolute atomic E-state index is 12.0. The van der Waals surface area contributed by atoms with Gasteiger partial charge >= 0.3 is 0 Å². The van der Waals surface area contributed by atoms with Gasteiger partial charge in [0, 0.05) is 11.8 Å². The molecule has 0 amide bonds. The van der Waals surface area contributed by atoms with Crippen LogP contribution < -0.4 is 5.43 Å². The highest BCUT2D eigenvalue weighted by atomic mass is 16.1. The Morgan fingerprint density at radius 1 is 1.06 bits per heavy atom. The van der Waals surface area contributed by atoms with Gasteiger partial charge in [0.25, 0.3) is 0 Å². The topological polar surface area (TPSA) is 32.9 Å². The van der Waals surface area contributed by atoms with Gasteiger partial charge < -0.3 is 4.98 Å². The Morgan fingerprint density at radius 2 is 1.88 bits per heavy atom. The zero-order valence-electron chi connectivity index (χ0n) is 8.95. The van der Waals surface area contributed by atoms with E-state index in [1.54, 1.807) is 6.07 Å². The molecule has 0 bridgehead atoms. The lowest BCUT2D eigenvalue weighted by Gasteiger charge is -2.04. The zero-order valence-corrected chi connectivity index (χ0v) is 8.95. The number of H-pyrrole nitrogens is 1. The van der Waals surface area contributed by atoms with E-state index in [0.29, 0.717) is 0 Å². The second kappa shape index (κ2) is 3.20. The van der Waals surface area contributed by atoms with Crippen LogP contribution >= 0.6 is 0 Å². The predicted molar refractivity (Wildman–Crippen MR) is 66.8 cm³/mol. The first kappa shape index (κ1) is 9.16. The normalized spacial score (nSPS) is 11.1. The van der Waals surface area contributed by atoms with E-state index in [1.807, 2.05) is 43.3 Å². The summed E-state index contributed by atoms with van der Waals surface area (Å²) in [5.41, 5.74) is 1.89. The van der Waals surface area contributed by atoms with Crippen LogP contribution in [0, 0.1) is 6.92 Å². The third-order valence-corrected chi connectivity index (χ3v) is 2.85. The van der Waals surface area contributed by atoms with Crippen molar-refractivity contribution in [3.63, 3.8) is 0 Å². The van der Waals surface area contributed by atoms with Crippen molar-refractivity contribution in [3.05, 3.63) is 58.4 Å². The summed E-state index contributed by atoms with van der Waals surface area (Å²) in [5, 5.41) is 2.90. The molecule has 2 nitrogen and oxygen atoms in total. The summed E-state index contributed by atoms with van der Waals surface area (Å²) in [7, 11) is 0. The van der Waals surface area contributed by atoms with Crippen molar-refractivity contribution in [2.45, 2.75) is 6.92 Å². The Bertz CT molecular complexity index is 740. The fraction of sp³-hybridized carbons (Fsp3) is 0.0714. The van der Waals surface area contributed by atoms with Crippen LogP contribution in [0.5, 0.6) is 0 Å². The Hall–Kier alpha value is -2.09. The summed E-state index contributed by atoms with van der Waals surface area (Å²) < 4.78 is 0. The van der Waals surface area contributed by atoms with Crippen molar-refractivity contribution < 1.29 is 0 Å². The molecule has 2 heteroatoms. The molecule has 16 heavy (non-hydrogen) atoms. The van der Waals surface area contributed by atoms with Crippen molar-refractivity contribution in [1.82, 2.24) is 4.98 Å². The number of nitrogens with one attached hydrogen (secondary N) is 1. The summed E-state index contributed by atoms with van der Waals surface area (Å²) in [4.78, 5) is 15.2. The lowest BCUT2D eigenvalue weighted by molar-refractivity contribution is 1.24. The fourth-order valence-corrected chi connectivity index (χ4v) is 2.16. The predicted octanol–water partition coefficient (Wildman–Crippen LogP) is 2.99. The third kappa shape index (κ3) is 1.23. The van der Waals surface area contributed by atoms with E-state index in [4.69, 9.17) is 0 Å². The van der Waals surface area contributed by atoms with Gasteiger partial charge in [0.15, 0.2) is 5.43 Å². The van der Waals surface area contributed by atoms with Crippen LogP contribution in [0.25, 0.3) is 21.7 Å². The number of aromatic nitrogens is 1. The van der Waals surface area contributed by atoms with Crippen LogP contribution in [0.3, 0.4) is 0 Å². The SMILES string of the molecule is Cc1cc(=O)c2c(ccc3ccccc32)[nH]1. The van der Waals surface area contributed by atoms with E-state index >= 15 is 0 Å². The molecule has 2 aromatic carbocycles. The molecule has 3 rings (SSSR count). The van der Waals surface area contributed by atoms with Crippen molar-refractivity contribution in [3.8, 4) is 0 Å². The maximum atomic E-state index is 12.0. The minimum Gasteiger partial charge on any atom is -0.358 e. The molecule has 1 aromatic heterocycles. The summed E-state index contributed by atoms with van der Waals surface area (Å²) in [5.74, 6) is 0. The molecule has 0 atom stereocenters. The van der Waals surface area contributed by atoms with Gasteiger partial charge in [-0.15, -0.1) is 0 Å². The molecule has 0 saturated carbocycles. The van der Waals surface area contributed by atoms with Crippen LogP contribution in [0.1, 0.15) is 5.69 Å². The quantitative estimate of drug-likeness (QED) is 0.567. The molecule has 78 valence electrons. The molecule has 3 aromatic rings. The summed E-state index contributed by atoms with van der Waals surface area (Å²) in [6.45, 7) is 1.90. The lowest BCUT2D eigenvalue weighted by Crippen LogP contribution is -2.03. The van der Waals surface area contributed by atoms with E-state index in [1.165, 1.54) is 0 Å². The van der Waals surface area contributed by atoms with Crippen molar-refractivity contribution in [2.75, 3.05) is 0 Å². The molecule has 0 saturated heterocycles. The summed E-state index contributed by atoms with van der Waals surface area (Å²) in [6.07, 6.45) is 0. The van der Waals surface area contributed by atoms with Gasteiger partial charge in [0.2, 0.25) is 0 Å². The first-order chi connectivity index (χ1) is 7.75. The Morgan fingerprint density at radius 3 is 2.75 bits per heavy atom. The minimum absolute atomic E-state index is 0.0862. The number of aryl methyl sites for hydroxylation is 1. The van der Waals surface area contributed by atoms with Gasteiger partial charge in [0.1, 0.15) is 0 Å². The van der Waals surface area contributed by atoms with Gasteiger partial charge in [-0.3, -0.25) is 4.79 Å². The number of fused-ring (bicyclic) bond motifs is 3. The van der Waals surface area contributed by atoms with Gasteiger partial charge in [0.05, 0.1) is 10.9 Å². The molecule has 0 unspecified atom stereocenters. The Labute approximate surface area is 92.5 Å². The van der Waals surface area contributed by atoms with Gasteiger partial charge in [-0.05, 0) is 23.8 Å². The molecular formula is C14H11NO. The first-order valence-corrected chi connectivity index (χ1v) is 5.27. The molecular weight excluding hydrogens is 198 g/mol. The van der Waals surface area contributed by atoms with Crippen molar-refractivity contribution in [2.24, 2.45) is 0 Å². The summed E-state index contributed by atoms with van der Waals surface area (Å²) in [6, 6.07) is 13.6. The number of rotatable bonds is 0. The Kier molecular flexibility index (Phi) is 1.83. The highest BCUT2D eigenvalue weighted by Crippen LogP contribution is 2.21. The third-order valence-electron chi connectivity index (χ3n) is 2.85. The smallest absolute Gasteiger partial charge is 0.190 e. The molecule has 0 aliphatic heterocycles. The average molecular weight is 209 g/mol. The number of aromatic amines is 1. The second-order valence-corrected chi connectivity index (χ2v) is 4.03. The monoisotopic (exact) mass is 209 g/mol. The highest BCUT2D eigenvalue weighted by molar-refractivity contribution is 6.05.